The number of hydrogen-bond donors (Lipinski definition) is 2. The van der Waals surface area contributed by atoms with Crippen molar-refractivity contribution < 1.29 is 9.84 Å². The predicted octanol–water partition coefficient (Wildman–Crippen LogP) is 2.21. The molecular formula is C15H21N3O2. The van der Waals surface area contributed by atoms with Crippen LogP contribution in [-0.4, -0.2) is 28.5 Å². The smallest absolute Gasteiger partial charge is 0.219 e. The van der Waals surface area contributed by atoms with Crippen molar-refractivity contribution in [3.63, 3.8) is 0 Å². The van der Waals surface area contributed by atoms with Crippen LogP contribution < -0.4 is 10.5 Å². The number of phenolic OH excluding ortho intramolecular Hbond substituents is 1. The Morgan fingerprint density at radius 2 is 1.95 bits per heavy atom. The highest BCUT2D eigenvalue weighted by Crippen LogP contribution is 2.30. The Morgan fingerprint density at radius 3 is 2.45 bits per heavy atom. The highest BCUT2D eigenvalue weighted by atomic mass is 16.5. The average molecular weight is 275 g/mol. The quantitative estimate of drug-likeness (QED) is 0.877. The summed E-state index contributed by atoms with van der Waals surface area (Å²) in [4.78, 5) is 0. The van der Waals surface area contributed by atoms with Crippen LogP contribution in [0.15, 0.2) is 24.3 Å². The highest BCUT2D eigenvalue weighted by molar-refractivity contribution is 5.44. The third-order valence-corrected chi connectivity index (χ3v) is 3.20. The van der Waals surface area contributed by atoms with Crippen molar-refractivity contribution >= 4 is 0 Å². The summed E-state index contributed by atoms with van der Waals surface area (Å²) in [6, 6.07) is 6.88. The zero-order valence-electron chi connectivity index (χ0n) is 12.1. The zero-order chi connectivity index (χ0) is 14.7. The number of nitrogens with two attached hydrogens (primary N) is 1. The van der Waals surface area contributed by atoms with Gasteiger partial charge in [0.15, 0.2) is 0 Å². The molecule has 2 aromatic rings. The van der Waals surface area contributed by atoms with Gasteiger partial charge in [-0.3, -0.25) is 0 Å². The van der Waals surface area contributed by atoms with Crippen LogP contribution in [0.25, 0.3) is 5.69 Å². The molecule has 0 fully saturated rings. The molecule has 0 amide bonds. The molecule has 5 heteroatoms. The van der Waals surface area contributed by atoms with E-state index >= 15 is 0 Å². The molecule has 0 aliphatic carbocycles. The Balaban J connectivity index is 2.57. The first-order chi connectivity index (χ1) is 9.58. The van der Waals surface area contributed by atoms with Crippen LogP contribution >= 0.6 is 0 Å². The van der Waals surface area contributed by atoms with E-state index in [0.29, 0.717) is 18.3 Å². The summed E-state index contributed by atoms with van der Waals surface area (Å²) in [6.45, 7) is 4.75. The van der Waals surface area contributed by atoms with Gasteiger partial charge in [-0.25, -0.2) is 4.68 Å². The van der Waals surface area contributed by atoms with Crippen molar-refractivity contribution in [1.29, 1.82) is 0 Å². The number of aromatic hydroxyl groups is 1. The number of ether oxygens (including phenoxy) is 1. The van der Waals surface area contributed by atoms with Crippen molar-refractivity contribution in [2.75, 3.05) is 13.7 Å². The lowest BCUT2D eigenvalue weighted by atomic mass is 10.0. The molecule has 2 rings (SSSR count). The standard InChI is InChI=1S/C15H21N3O2/c1-10(2)14-13(8-9-16)15(20-3)18(17-14)11-4-6-12(19)7-5-11/h4-7,10,19H,8-9,16H2,1-3H3. The Labute approximate surface area is 119 Å². The van der Waals surface area contributed by atoms with E-state index < -0.39 is 0 Å². The lowest BCUT2D eigenvalue weighted by molar-refractivity contribution is 0.379. The van der Waals surface area contributed by atoms with Gasteiger partial charge in [0.05, 0.1) is 18.5 Å². The summed E-state index contributed by atoms with van der Waals surface area (Å²) in [5.41, 5.74) is 8.60. The maximum atomic E-state index is 9.38. The molecule has 0 aliphatic rings. The molecule has 0 bridgehead atoms. The van der Waals surface area contributed by atoms with Gasteiger partial charge in [-0.1, -0.05) is 13.8 Å². The predicted molar refractivity (Wildman–Crippen MR) is 78.6 cm³/mol. The summed E-state index contributed by atoms with van der Waals surface area (Å²) < 4.78 is 7.29. The monoisotopic (exact) mass is 275 g/mol. The summed E-state index contributed by atoms with van der Waals surface area (Å²) in [5, 5.41) is 14.0. The number of aromatic nitrogens is 2. The van der Waals surface area contributed by atoms with Crippen molar-refractivity contribution in [3.05, 3.63) is 35.5 Å². The maximum absolute atomic E-state index is 9.38. The third-order valence-electron chi connectivity index (χ3n) is 3.20. The van der Waals surface area contributed by atoms with Gasteiger partial charge < -0.3 is 15.6 Å². The average Bonchev–Trinajstić information content (AvgIpc) is 2.79. The summed E-state index contributed by atoms with van der Waals surface area (Å²) >= 11 is 0. The Kier molecular flexibility index (Phi) is 4.29. The molecule has 0 unspecified atom stereocenters. The van der Waals surface area contributed by atoms with Gasteiger partial charge in [0.25, 0.3) is 0 Å². The number of methoxy groups -OCH3 is 1. The number of nitrogens with zero attached hydrogens (tertiary/aromatic N) is 2. The summed E-state index contributed by atoms with van der Waals surface area (Å²) in [6.07, 6.45) is 0.731. The molecule has 1 aromatic carbocycles. The first kappa shape index (κ1) is 14.4. The van der Waals surface area contributed by atoms with Gasteiger partial charge in [-0.15, -0.1) is 0 Å². The van der Waals surface area contributed by atoms with Crippen LogP contribution in [0.2, 0.25) is 0 Å². The highest BCUT2D eigenvalue weighted by Gasteiger charge is 2.20. The molecule has 5 nitrogen and oxygen atoms in total. The van der Waals surface area contributed by atoms with Crippen molar-refractivity contribution in [2.24, 2.45) is 5.73 Å². The normalized spacial score (nSPS) is 11.1. The molecule has 0 aliphatic heterocycles. The lowest BCUT2D eigenvalue weighted by Gasteiger charge is -2.08. The van der Waals surface area contributed by atoms with E-state index in [4.69, 9.17) is 10.5 Å². The Morgan fingerprint density at radius 1 is 1.30 bits per heavy atom. The third kappa shape index (κ3) is 2.63. The lowest BCUT2D eigenvalue weighted by Crippen LogP contribution is -2.06. The van der Waals surface area contributed by atoms with Gasteiger partial charge in [0, 0.05) is 5.56 Å². The second-order valence-corrected chi connectivity index (χ2v) is 4.99. The minimum absolute atomic E-state index is 0.228. The molecule has 1 heterocycles. The van der Waals surface area contributed by atoms with Crippen molar-refractivity contribution in [3.8, 4) is 17.3 Å². The molecule has 0 saturated carbocycles. The summed E-state index contributed by atoms with van der Waals surface area (Å²) in [7, 11) is 1.64. The van der Waals surface area contributed by atoms with Gasteiger partial charge in [0.2, 0.25) is 5.88 Å². The Hall–Kier alpha value is -2.01. The fourth-order valence-electron chi connectivity index (χ4n) is 2.27. The van der Waals surface area contributed by atoms with Crippen LogP contribution in [0.5, 0.6) is 11.6 Å². The second-order valence-electron chi connectivity index (χ2n) is 4.99. The minimum Gasteiger partial charge on any atom is -0.508 e. The van der Waals surface area contributed by atoms with E-state index in [2.05, 4.69) is 18.9 Å². The van der Waals surface area contributed by atoms with Crippen LogP contribution in [0.3, 0.4) is 0 Å². The molecular weight excluding hydrogens is 254 g/mol. The molecule has 20 heavy (non-hydrogen) atoms. The largest absolute Gasteiger partial charge is 0.508 e. The number of benzene rings is 1. The van der Waals surface area contributed by atoms with Gasteiger partial charge in [0.1, 0.15) is 5.75 Å². The molecule has 0 saturated heterocycles. The topological polar surface area (TPSA) is 73.3 Å². The second kappa shape index (κ2) is 5.96. The number of phenols is 1. The van der Waals surface area contributed by atoms with Crippen molar-refractivity contribution in [1.82, 2.24) is 9.78 Å². The fourth-order valence-corrected chi connectivity index (χ4v) is 2.27. The number of hydrogen-bond acceptors (Lipinski definition) is 4. The van der Waals surface area contributed by atoms with E-state index in [1.165, 1.54) is 0 Å². The van der Waals surface area contributed by atoms with Gasteiger partial charge in [-0.05, 0) is 43.1 Å². The minimum atomic E-state index is 0.228. The Bertz CT molecular complexity index is 574. The van der Waals surface area contributed by atoms with Gasteiger partial charge >= 0.3 is 0 Å². The van der Waals surface area contributed by atoms with E-state index in [1.807, 2.05) is 0 Å². The molecule has 3 N–H and O–H groups in total. The number of rotatable bonds is 5. The van der Waals surface area contributed by atoms with Crippen LogP contribution in [0.4, 0.5) is 0 Å². The van der Waals surface area contributed by atoms with Crippen molar-refractivity contribution in [2.45, 2.75) is 26.2 Å². The molecule has 0 atom stereocenters. The van der Waals surface area contributed by atoms with Crippen LogP contribution in [0, 0.1) is 0 Å². The van der Waals surface area contributed by atoms with E-state index in [9.17, 15) is 5.11 Å². The molecule has 1 aromatic heterocycles. The maximum Gasteiger partial charge on any atom is 0.219 e. The SMILES string of the molecule is COc1c(CCN)c(C(C)C)nn1-c1ccc(O)cc1. The zero-order valence-corrected chi connectivity index (χ0v) is 12.1. The van der Waals surface area contributed by atoms with Crippen LogP contribution in [-0.2, 0) is 6.42 Å². The van der Waals surface area contributed by atoms with E-state index in [0.717, 1.165) is 23.4 Å². The summed E-state index contributed by atoms with van der Waals surface area (Å²) in [5.74, 6) is 1.24. The first-order valence-corrected chi connectivity index (χ1v) is 6.73. The molecule has 0 radical (unpaired) electrons. The fraction of sp³-hybridized carbons (Fsp3) is 0.400. The van der Waals surface area contributed by atoms with E-state index in [1.54, 1.807) is 36.1 Å². The van der Waals surface area contributed by atoms with Crippen LogP contribution in [0.1, 0.15) is 31.0 Å². The molecule has 108 valence electrons. The van der Waals surface area contributed by atoms with E-state index in [-0.39, 0.29) is 5.75 Å². The molecule has 0 spiro atoms. The first-order valence-electron chi connectivity index (χ1n) is 6.73. The van der Waals surface area contributed by atoms with Gasteiger partial charge in [-0.2, -0.15) is 5.10 Å².